The smallest absolute Gasteiger partial charge is 0.337 e. The number of benzene rings is 2. The maximum absolute atomic E-state index is 13.8. The molecule has 2 aromatic carbocycles. The minimum atomic E-state index is -0.862. The van der Waals surface area contributed by atoms with E-state index in [2.05, 4.69) is 20.9 Å². The van der Waals surface area contributed by atoms with Crippen LogP contribution in [0.15, 0.2) is 56.4 Å². The number of aromatic nitrogens is 1. The topological polar surface area (TPSA) is 131 Å². The average Bonchev–Trinajstić information content (AvgIpc) is 3.24. The predicted octanol–water partition coefficient (Wildman–Crippen LogP) is 4.27. The third kappa shape index (κ3) is 6.20. The number of ether oxygens (including phenoxy) is 4. The van der Waals surface area contributed by atoms with Crippen molar-refractivity contribution in [2.24, 2.45) is 4.99 Å². The first kappa shape index (κ1) is 30.0. The minimum absolute atomic E-state index is 0.104. The van der Waals surface area contributed by atoms with Crippen LogP contribution in [0, 0.1) is 10.1 Å². The number of hydrogen-bond acceptors (Lipinski definition) is 10. The van der Waals surface area contributed by atoms with E-state index in [-0.39, 0.29) is 27.6 Å². The van der Waals surface area contributed by atoms with E-state index < -0.39 is 22.5 Å². The molecule has 41 heavy (non-hydrogen) atoms. The fourth-order valence-corrected chi connectivity index (χ4v) is 5.84. The summed E-state index contributed by atoms with van der Waals surface area (Å²) in [5, 5.41) is 11.8. The maximum atomic E-state index is 13.8. The summed E-state index contributed by atoms with van der Waals surface area (Å²) in [6.07, 6.45) is 2.65. The first-order valence-electron chi connectivity index (χ1n) is 12.7. The molecule has 0 saturated heterocycles. The standard InChI is InChI=1S/C28H28BrN3O8S/c1-6-38-21-9-8-17(13-22(21)39-7-2)24-18(27(34)37-5)14-30-28-31(24)26(33)23(41-28)12-16-10-19(29)25(40-15(3)4)20(11-16)32(35)36/h8-15,24H,6-7H2,1-5H3/b23-12+/t24-/m0/s1. The Morgan fingerprint density at radius 2 is 1.90 bits per heavy atom. The summed E-state index contributed by atoms with van der Waals surface area (Å²) in [7, 11) is 1.26. The van der Waals surface area contributed by atoms with E-state index in [9.17, 15) is 19.7 Å². The zero-order valence-corrected chi connectivity index (χ0v) is 25.4. The van der Waals surface area contributed by atoms with Crippen molar-refractivity contribution in [2.75, 3.05) is 20.3 Å². The molecule has 0 fully saturated rings. The summed E-state index contributed by atoms with van der Waals surface area (Å²) in [4.78, 5) is 42.6. The van der Waals surface area contributed by atoms with E-state index in [1.807, 2.05) is 13.8 Å². The van der Waals surface area contributed by atoms with Gasteiger partial charge in [0.2, 0.25) is 5.75 Å². The molecule has 0 aliphatic carbocycles. The molecule has 2 heterocycles. The Labute approximate surface area is 247 Å². The Balaban J connectivity index is 1.90. The van der Waals surface area contributed by atoms with Gasteiger partial charge in [0.25, 0.3) is 5.56 Å². The Morgan fingerprint density at radius 3 is 2.54 bits per heavy atom. The van der Waals surface area contributed by atoms with Crippen LogP contribution in [0.3, 0.4) is 0 Å². The van der Waals surface area contributed by atoms with Gasteiger partial charge in [-0.25, -0.2) is 9.79 Å². The van der Waals surface area contributed by atoms with Crippen molar-refractivity contribution in [2.45, 2.75) is 39.8 Å². The number of rotatable bonds is 10. The van der Waals surface area contributed by atoms with E-state index in [1.165, 1.54) is 23.9 Å². The summed E-state index contributed by atoms with van der Waals surface area (Å²) in [6, 6.07) is 7.34. The van der Waals surface area contributed by atoms with Gasteiger partial charge in [0.05, 0.1) is 52.0 Å². The number of halogens is 1. The van der Waals surface area contributed by atoms with Gasteiger partial charge >= 0.3 is 11.7 Å². The fraction of sp³-hybridized carbons (Fsp3) is 0.321. The van der Waals surface area contributed by atoms with Crippen molar-refractivity contribution in [1.29, 1.82) is 0 Å². The van der Waals surface area contributed by atoms with Crippen LogP contribution in [0.5, 0.6) is 17.2 Å². The Morgan fingerprint density at radius 1 is 1.20 bits per heavy atom. The summed E-state index contributed by atoms with van der Waals surface area (Å²) < 4.78 is 24.1. The molecule has 0 amide bonds. The predicted molar refractivity (Wildman–Crippen MR) is 157 cm³/mol. The number of hydrogen-bond donors (Lipinski definition) is 0. The lowest BCUT2D eigenvalue weighted by molar-refractivity contribution is -0.386. The zero-order valence-electron chi connectivity index (χ0n) is 23.0. The van der Waals surface area contributed by atoms with Crippen molar-refractivity contribution in [3.8, 4) is 17.2 Å². The van der Waals surface area contributed by atoms with Crippen LogP contribution in [-0.4, -0.2) is 41.9 Å². The van der Waals surface area contributed by atoms with Crippen LogP contribution in [-0.2, 0) is 9.53 Å². The number of thiazole rings is 1. The average molecular weight is 647 g/mol. The SMILES string of the molecule is CCOc1ccc([C@H]2C(C(=O)OC)=CN=c3s/c(=C/c4cc(Br)c(OC(C)C)c([N+](=O)[O-])c4)c(=O)n32)cc1OCC. The normalized spacial score (nSPS) is 14.7. The monoisotopic (exact) mass is 645 g/mol. The molecule has 0 saturated carbocycles. The number of carbonyl (C=O) groups excluding carboxylic acids is 1. The van der Waals surface area contributed by atoms with Crippen molar-refractivity contribution >= 4 is 45.0 Å². The molecular weight excluding hydrogens is 618 g/mol. The molecule has 1 atom stereocenters. The van der Waals surface area contributed by atoms with Gasteiger partial charge in [-0.1, -0.05) is 17.4 Å². The number of nitro groups is 1. The van der Waals surface area contributed by atoms with E-state index in [4.69, 9.17) is 18.9 Å². The summed E-state index contributed by atoms with van der Waals surface area (Å²) in [5.41, 5.74) is 0.488. The zero-order chi connectivity index (χ0) is 29.8. The third-order valence-electron chi connectivity index (χ3n) is 5.90. The largest absolute Gasteiger partial charge is 0.490 e. The highest BCUT2D eigenvalue weighted by Gasteiger charge is 2.31. The molecule has 0 radical (unpaired) electrons. The Bertz CT molecular complexity index is 1710. The molecule has 216 valence electrons. The van der Waals surface area contributed by atoms with Gasteiger partial charge in [0, 0.05) is 12.3 Å². The fourth-order valence-electron chi connectivity index (χ4n) is 4.31. The molecule has 0 unspecified atom stereocenters. The second-order valence-electron chi connectivity index (χ2n) is 9.02. The lowest BCUT2D eigenvalue weighted by Crippen LogP contribution is -2.39. The highest BCUT2D eigenvalue weighted by atomic mass is 79.9. The number of methoxy groups -OCH3 is 1. The van der Waals surface area contributed by atoms with Crippen molar-refractivity contribution in [3.63, 3.8) is 0 Å². The van der Waals surface area contributed by atoms with Crippen LogP contribution >= 0.6 is 27.3 Å². The van der Waals surface area contributed by atoms with E-state index in [0.717, 1.165) is 11.3 Å². The number of nitro benzene ring substituents is 1. The van der Waals surface area contributed by atoms with Gasteiger partial charge in [-0.15, -0.1) is 0 Å². The highest BCUT2D eigenvalue weighted by molar-refractivity contribution is 9.10. The second kappa shape index (κ2) is 12.7. The maximum Gasteiger partial charge on any atom is 0.337 e. The molecule has 0 N–H and O–H groups in total. The van der Waals surface area contributed by atoms with Crippen LogP contribution < -0.4 is 29.1 Å². The Kier molecular flexibility index (Phi) is 9.28. The molecule has 1 aliphatic rings. The lowest BCUT2D eigenvalue weighted by atomic mass is 9.97. The number of carbonyl (C=O) groups is 1. The van der Waals surface area contributed by atoms with Crippen molar-refractivity contribution in [1.82, 2.24) is 4.57 Å². The van der Waals surface area contributed by atoms with Crippen LogP contribution in [0.4, 0.5) is 5.69 Å². The van der Waals surface area contributed by atoms with Gasteiger partial charge < -0.3 is 18.9 Å². The van der Waals surface area contributed by atoms with Crippen LogP contribution in [0.1, 0.15) is 44.9 Å². The van der Waals surface area contributed by atoms with Gasteiger partial charge in [0.15, 0.2) is 16.3 Å². The number of esters is 1. The van der Waals surface area contributed by atoms with Gasteiger partial charge in [-0.3, -0.25) is 19.5 Å². The Hall–Kier alpha value is -3.97. The first-order valence-corrected chi connectivity index (χ1v) is 14.3. The molecule has 3 aromatic rings. The van der Waals surface area contributed by atoms with Crippen LogP contribution in [0.25, 0.3) is 6.08 Å². The van der Waals surface area contributed by atoms with Gasteiger partial charge in [-0.05, 0) is 79.0 Å². The van der Waals surface area contributed by atoms with Crippen molar-refractivity contribution in [3.05, 3.63) is 87.5 Å². The molecular formula is C28H28BrN3O8S. The highest BCUT2D eigenvalue weighted by Crippen LogP contribution is 2.38. The van der Waals surface area contributed by atoms with Crippen molar-refractivity contribution < 1.29 is 28.7 Å². The third-order valence-corrected chi connectivity index (χ3v) is 7.49. The summed E-state index contributed by atoms with van der Waals surface area (Å²) in [5.74, 6) is 0.467. The number of nitrogens with zero attached hydrogens (tertiary/aromatic N) is 3. The molecule has 13 heteroatoms. The summed E-state index contributed by atoms with van der Waals surface area (Å²) >= 11 is 4.46. The molecule has 1 aliphatic heterocycles. The molecule has 0 bridgehead atoms. The molecule has 4 rings (SSSR count). The summed E-state index contributed by atoms with van der Waals surface area (Å²) in [6.45, 7) is 8.06. The second-order valence-corrected chi connectivity index (χ2v) is 10.9. The molecule has 11 nitrogen and oxygen atoms in total. The molecule has 0 spiro atoms. The van der Waals surface area contributed by atoms with E-state index in [1.54, 1.807) is 44.2 Å². The minimum Gasteiger partial charge on any atom is -0.490 e. The van der Waals surface area contributed by atoms with Gasteiger partial charge in [-0.2, -0.15) is 0 Å². The van der Waals surface area contributed by atoms with E-state index >= 15 is 0 Å². The van der Waals surface area contributed by atoms with Gasteiger partial charge in [0.1, 0.15) is 0 Å². The lowest BCUT2D eigenvalue weighted by Gasteiger charge is -2.23. The van der Waals surface area contributed by atoms with Crippen LogP contribution in [0.2, 0.25) is 0 Å². The van der Waals surface area contributed by atoms with E-state index in [0.29, 0.717) is 45.1 Å². The quantitative estimate of drug-likeness (QED) is 0.181. The molecule has 1 aromatic heterocycles. The first-order chi connectivity index (χ1) is 19.6. The number of fused-ring (bicyclic) bond motifs is 1.